The maximum absolute atomic E-state index is 9.41. The van der Waals surface area contributed by atoms with Crippen LogP contribution in [0.25, 0.3) is 0 Å². The highest BCUT2D eigenvalue weighted by molar-refractivity contribution is 5.46. The molecule has 19 heavy (non-hydrogen) atoms. The molecule has 0 aliphatic carbocycles. The quantitative estimate of drug-likeness (QED) is 0.823. The molecule has 0 saturated heterocycles. The summed E-state index contributed by atoms with van der Waals surface area (Å²) in [5.41, 5.74) is 3.56. The van der Waals surface area contributed by atoms with E-state index in [-0.39, 0.29) is 0 Å². The van der Waals surface area contributed by atoms with Crippen LogP contribution in [0.1, 0.15) is 37.3 Å². The Morgan fingerprint density at radius 2 is 1.84 bits per heavy atom. The summed E-state index contributed by atoms with van der Waals surface area (Å²) in [6, 6.07) is 15.9. The van der Waals surface area contributed by atoms with Gasteiger partial charge in [-0.3, -0.25) is 0 Å². The van der Waals surface area contributed by atoms with E-state index >= 15 is 0 Å². The van der Waals surface area contributed by atoms with E-state index in [1.807, 2.05) is 12.1 Å². The minimum absolute atomic E-state index is 0.311. The molecule has 0 aliphatic heterocycles. The molecule has 2 N–H and O–H groups in total. The number of anilines is 1. The number of rotatable bonds is 5. The molecule has 2 heteroatoms. The molecular formula is C17H21NO. The molecule has 0 aromatic heterocycles. The van der Waals surface area contributed by atoms with Gasteiger partial charge in [0, 0.05) is 12.2 Å². The Hall–Kier alpha value is -1.96. The van der Waals surface area contributed by atoms with Crippen molar-refractivity contribution in [2.45, 2.75) is 32.7 Å². The van der Waals surface area contributed by atoms with Crippen LogP contribution < -0.4 is 5.32 Å². The lowest BCUT2D eigenvalue weighted by Gasteiger charge is -2.11. The monoisotopic (exact) mass is 255 g/mol. The van der Waals surface area contributed by atoms with Gasteiger partial charge in [0.25, 0.3) is 0 Å². The van der Waals surface area contributed by atoms with Gasteiger partial charge in [-0.15, -0.1) is 0 Å². The lowest BCUT2D eigenvalue weighted by Crippen LogP contribution is -1.99. The Bertz CT molecular complexity index is 519. The summed E-state index contributed by atoms with van der Waals surface area (Å²) in [6.07, 6.45) is 1.16. The van der Waals surface area contributed by atoms with E-state index < -0.39 is 0 Å². The minimum Gasteiger partial charge on any atom is -0.508 e. The summed E-state index contributed by atoms with van der Waals surface area (Å²) in [4.78, 5) is 0. The van der Waals surface area contributed by atoms with Crippen molar-refractivity contribution in [3.8, 4) is 5.75 Å². The molecule has 100 valence electrons. The van der Waals surface area contributed by atoms with Crippen LogP contribution in [0.15, 0.2) is 48.5 Å². The molecule has 2 aromatic carbocycles. The SMILES string of the molecule is CCC(C)c1ccc(NCc2cccc(O)c2)cc1. The number of nitrogens with one attached hydrogen (secondary N) is 1. The van der Waals surface area contributed by atoms with Crippen molar-refractivity contribution in [1.82, 2.24) is 0 Å². The van der Waals surface area contributed by atoms with E-state index in [9.17, 15) is 5.11 Å². The number of benzene rings is 2. The molecule has 0 radical (unpaired) electrons. The van der Waals surface area contributed by atoms with Crippen LogP contribution in [0, 0.1) is 0 Å². The predicted octanol–water partition coefficient (Wildman–Crippen LogP) is 4.52. The summed E-state index contributed by atoms with van der Waals surface area (Å²) in [6.45, 7) is 5.17. The summed E-state index contributed by atoms with van der Waals surface area (Å²) >= 11 is 0. The maximum Gasteiger partial charge on any atom is 0.115 e. The van der Waals surface area contributed by atoms with Crippen molar-refractivity contribution < 1.29 is 5.11 Å². The Morgan fingerprint density at radius 1 is 1.11 bits per heavy atom. The first-order chi connectivity index (χ1) is 9.19. The van der Waals surface area contributed by atoms with Gasteiger partial charge in [-0.25, -0.2) is 0 Å². The van der Waals surface area contributed by atoms with Gasteiger partial charge in [0.2, 0.25) is 0 Å². The highest BCUT2D eigenvalue weighted by atomic mass is 16.3. The second kappa shape index (κ2) is 6.28. The fraction of sp³-hybridized carbons (Fsp3) is 0.294. The molecule has 0 aliphatic rings. The van der Waals surface area contributed by atoms with Crippen molar-refractivity contribution in [1.29, 1.82) is 0 Å². The molecule has 0 spiro atoms. The topological polar surface area (TPSA) is 32.3 Å². The molecule has 1 unspecified atom stereocenters. The first-order valence-corrected chi connectivity index (χ1v) is 6.80. The number of hydrogen-bond acceptors (Lipinski definition) is 2. The largest absolute Gasteiger partial charge is 0.508 e. The zero-order valence-corrected chi connectivity index (χ0v) is 11.6. The first kappa shape index (κ1) is 13.5. The lowest BCUT2D eigenvalue weighted by molar-refractivity contribution is 0.474. The Balaban J connectivity index is 1.96. The average Bonchev–Trinajstić information content (AvgIpc) is 2.45. The Morgan fingerprint density at radius 3 is 2.47 bits per heavy atom. The van der Waals surface area contributed by atoms with Gasteiger partial charge in [-0.05, 0) is 47.7 Å². The van der Waals surface area contributed by atoms with Crippen LogP contribution in [0.3, 0.4) is 0 Å². The van der Waals surface area contributed by atoms with Crippen LogP contribution >= 0.6 is 0 Å². The van der Waals surface area contributed by atoms with E-state index in [4.69, 9.17) is 0 Å². The summed E-state index contributed by atoms with van der Waals surface area (Å²) in [7, 11) is 0. The van der Waals surface area contributed by atoms with Crippen LogP contribution in [-0.4, -0.2) is 5.11 Å². The van der Waals surface area contributed by atoms with E-state index in [1.165, 1.54) is 5.56 Å². The van der Waals surface area contributed by atoms with Crippen molar-refractivity contribution in [2.75, 3.05) is 5.32 Å². The van der Waals surface area contributed by atoms with Gasteiger partial charge < -0.3 is 10.4 Å². The lowest BCUT2D eigenvalue weighted by atomic mass is 9.99. The van der Waals surface area contributed by atoms with Gasteiger partial charge >= 0.3 is 0 Å². The molecule has 2 rings (SSSR count). The zero-order valence-electron chi connectivity index (χ0n) is 11.6. The second-order valence-corrected chi connectivity index (χ2v) is 4.95. The highest BCUT2D eigenvalue weighted by Crippen LogP contribution is 2.21. The smallest absolute Gasteiger partial charge is 0.115 e. The predicted molar refractivity (Wildman–Crippen MR) is 80.6 cm³/mol. The van der Waals surface area contributed by atoms with Crippen molar-refractivity contribution in [3.05, 3.63) is 59.7 Å². The van der Waals surface area contributed by atoms with Crippen molar-refractivity contribution >= 4 is 5.69 Å². The Labute approximate surface area is 115 Å². The van der Waals surface area contributed by atoms with Gasteiger partial charge in [0.1, 0.15) is 5.75 Å². The second-order valence-electron chi connectivity index (χ2n) is 4.95. The van der Waals surface area contributed by atoms with Crippen LogP contribution in [0.5, 0.6) is 5.75 Å². The highest BCUT2D eigenvalue weighted by Gasteiger charge is 2.02. The fourth-order valence-electron chi connectivity index (χ4n) is 2.04. The minimum atomic E-state index is 0.311. The molecule has 0 saturated carbocycles. The molecule has 2 nitrogen and oxygen atoms in total. The first-order valence-electron chi connectivity index (χ1n) is 6.80. The summed E-state index contributed by atoms with van der Waals surface area (Å²) < 4.78 is 0. The van der Waals surface area contributed by atoms with E-state index in [2.05, 4.69) is 43.4 Å². The molecule has 0 fully saturated rings. The third-order valence-electron chi connectivity index (χ3n) is 3.50. The normalized spacial score (nSPS) is 12.1. The van der Waals surface area contributed by atoms with Gasteiger partial charge in [0.05, 0.1) is 0 Å². The summed E-state index contributed by atoms with van der Waals surface area (Å²) in [5, 5.41) is 12.8. The van der Waals surface area contributed by atoms with Crippen LogP contribution in [-0.2, 0) is 6.54 Å². The third kappa shape index (κ3) is 3.75. The standard InChI is InChI=1S/C17H21NO/c1-3-13(2)15-7-9-16(10-8-15)18-12-14-5-4-6-17(19)11-14/h4-11,13,18-19H,3,12H2,1-2H3. The Kier molecular flexibility index (Phi) is 4.45. The molecule has 1 atom stereocenters. The zero-order chi connectivity index (χ0) is 13.7. The van der Waals surface area contributed by atoms with E-state index in [0.29, 0.717) is 11.7 Å². The third-order valence-corrected chi connectivity index (χ3v) is 3.50. The summed E-state index contributed by atoms with van der Waals surface area (Å²) in [5.74, 6) is 0.923. The number of phenols is 1. The van der Waals surface area contributed by atoms with Gasteiger partial charge in [0.15, 0.2) is 0 Å². The fourth-order valence-corrected chi connectivity index (χ4v) is 2.04. The van der Waals surface area contributed by atoms with Crippen molar-refractivity contribution in [2.24, 2.45) is 0 Å². The van der Waals surface area contributed by atoms with Gasteiger partial charge in [-0.1, -0.05) is 38.1 Å². The number of aromatic hydroxyl groups is 1. The van der Waals surface area contributed by atoms with Crippen molar-refractivity contribution in [3.63, 3.8) is 0 Å². The van der Waals surface area contributed by atoms with Crippen LogP contribution in [0.2, 0.25) is 0 Å². The molecule has 0 bridgehead atoms. The van der Waals surface area contributed by atoms with Gasteiger partial charge in [-0.2, -0.15) is 0 Å². The number of phenolic OH excluding ortho intramolecular Hbond substituents is 1. The molecule has 2 aromatic rings. The molecular weight excluding hydrogens is 234 g/mol. The number of hydrogen-bond donors (Lipinski definition) is 2. The van der Waals surface area contributed by atoms with Crippen LogP contribution in [0.4, 0.5) is 5.69 Å². The molecule has 0 amide bonds. The van der Waals surface area contributed by atoms with E-state index in [1.54, 1.807) is 12.1 Å². The average molecular weight is 255 g/mol. The molecule has 0 heterocycles. The maximum atomic E-state index is 9.41. The van der Waals surface area contributed by atoms with E-state index in [0.717, 1.165) is 24.2 Å².